The largest absolute Gasteiger partial charge is 0.425 e. The number of rotatable bonds is 7. The van der Waals surface area contributed by atoms with Gasteiger partial charge in [-0.15, -0.1) is 0 Å². The van der Waals surface area contributed by atoms with Gasteiger partial charge in [-0.1, -0.05) is 33.3 Å². The third kappa shape index (κ3) is 4.77. The van der Waals surface area contributed by atoms with E-state index in [0.29, 0.717) is 11.8 Å². The van der Waals surface area contributed by atoms with Gasteiger partial charge in [0.05, 0.1) is 0 Å². The highest BCUT2D eigenvalue weighted by atomic mass is 16.5. The first-order chi connectivity index (χ1) is 14.3. The molecule has 30 heavy (non-hydrogen) atoms. The van der Waals surface area contributed by atoms with Crippen molar-refractivity contribution in [1.82, 2.24) is 10.2 Å². The van der Waals surface area contributed by atoms with E-state index in [1.165, 1.54) is 36.5 Å². The summed E-state index contributed by atoms with van der Waals surface area (Å²) in [4.78, 5) is 26.8. The van der Waals surface area contributed by atoms with Crippen LogP contribution in [-0.2, 0) is 16.0 Å². The lowest BCUT2D eigenvalue weighted by Crippen LogP contribution is -2.46. The number of fused-ring (bicyclic) bond motifs is 2. The van der Waals surface area contributed by atoms with Crippen molar-refractivity contribution in [3.63, 3.8) is 0 Å². The molecule has 2 aliphatic rings. The lowest BCUT2D eigenvalue weighted by Gasteiger charge is -2.38. The first kappa shape index (κ1) is 22.5. The van der Waals surface area contributed by atoms with Crippen LogP contribution in [0.4, 0.5) is 0 Å². The second-order valence-corrected chi connectivity index (χ2v) is 8.81. The molecule has 0 fully saturated rings. The van der Waals surface area contributed by atoms with Gasteiger partial charge in [0, 0.05) is 13.0 Å². The molecule has 0 saturated carbocycles. The van der Waals surface area contributed by atoms with Gasteiger partial charge < -0.3 is 10.1 Å². The lowest BCUT2D eigenvalue weighted by molar-refractivity contribution is -0.140. The highest BCUT2D eigenvalue weighted by molar-refractivity contribution is 5.85. The summed E-state index contributed by atoms with van der Waals surface area (Å²) < 4.78 is 5.75. The zero-order chi connectivity index (χ0) is 21.8. The number of esters is 1. The molecule has 3 atom stereocenters. The third-order valence-electron chi connectivity index (χ3n) is 6.81. The molecule has 164 valence electrons. The van der Waals surface area contributed by atoms with Crippen LogP contribution in [0.25, 0.3) is 5.57 Å². The Bertz CT molecular complexity index is 830. The number of benzene rings is 1. The Balaban J connectivity index is 1.88. The van der Waals surface area contributed by atoms with E-state index in [2.05, 4.69) is 30.3 Å². The molecular formula is C25H36N2O3. The molecule has 0 spiro atoms. The van der Waals surface area contributed by atoms with E-state index in [1.807, 2.05) is 26.0 Å². The van der Waals surface area contributed by atoms with Gasteiger partial charge in [-0.2, -0.15) is 0 Å². The maximum absolute atomic E-state index is 12.8. The molecule has 1 N–H and O–H groups in total. The van der Waals surface area contributed by atoms with Gasteiger partial charge in [-0.25, -0.2) is 4.79 Å². The van der Waals surface area contributed by atoms with Crippen LogP contribution in [0.1, 0.15) is 70.9 Å². The van der Waals surface area contributed by atoms with Crippen molar-refractivity contribution in [2.24, 2.45) is 5.92 Å². The molecule has 1 aromatic carbocycles. The van der Waals surface area contributed by atoms with Crippen molar-refractivity contribution in [2.75, 3.05) is 13.6 Å². The SMILES string of the molecule is CC[C@@H](C)[C@@H](NC(C)=O)C(=O)Oc1ccc2c(c1)C1=C(CCCC1)[C@@H](N(C)CC)C2. The average molecular weight is 413 g/mol. The van der Waals surface area contributed by atoms with Crippen LogP contribution in [0.15, 0.2) is 23.8 Å². The maximum atomic E-state index is 12.8. The van der Waals surface area contributed by atoms with Crippen molar-refractivity contribution in [1.29, 1.82) is 0 Å². The number of carbonyl (C=O) groups excluding carboxylic acids is 2. The van der Waals surface area contributed by atoms with E-state index in [9.17, 15) is 9.59 Å². The Morgan fingerprint density at radius 1 is 1.23 bits per heavy atom. The molecule has 0 aromatic heterocycles. The predicted octanol–water partition coefficient (Wildman–Crippen LogP) is 4.35. The third-order valence-corrected chi connectivity index (χ3v) is 6.81. The Labute approximate surface area is 180 Å². The van der Waals surface area contributed by atoms with E-state index in [1.54, 1.807) is 5.57 Å². The number of likely N-dealkylation sites (N-methyl/N-ethyl adjacent to an activating group) is 1. The summed E-state index contributed by atoms with van der Waals surface area (Å²) in [5.74, 6) is -0.0309. The van der Waals surface area contributed by atoms with E-state index < -0.39 is 12.0 Å². The molecule has 0 heterocycles. The van der Waals surface area contributed by atoms with Crippen molar-refractivity contribution in [3.05, 3.63) is 34.9 Å². The fourth-order valence-electron chi connectivity index (χ4n) is 4.72. The number of ether oxygens (including phenoxy) is 1. The highest BCUT2D eigenvalue weighted by Gasteiger charge is 2.32. The number of carbonyl (C=O) groups is 2. The molecule has 1 aromatic rings. The summed E-state index contributed by atoms with van der Waals surface area (Å²) in [5, 5.41) is 2.75. The number of allylic oxidation sites excluding steroid dienone is 1. The minimum Gasteiger partial charge on any atom is -0.425 e. The minimum absolute atomic E-state index is 0.0111. The van der Waals surface area contributed by atoms with Crippen molar-refractivity contribution in [2.45, 2.75) is 78.3 Å². The molecule has 0 saturated heterocycles. The first-order valence-electron chi connectivity index (χ1n) is 11.4. The normalized spacial score (nSPS) is 20.3. The van der Waals surface area contributed by atoms with Crippen LogP contribution in [0.3, 0.4) is 0 Å². The van der Waals surface area contributed by atoms with E-state index in [-0.39, 0.29) is 11.8 Å². The van der Waals surface area contributed by atoms with Gasteiger partial charge in [0.25, 0.3) is 0 Å². The fraction of sp³-hybridized carbons (Fsp3) is 0.600. The fourth-order valence-corrected chi connectivity index (χ4v) is 4.72. The van der Waals surface area contributed by atoms with Crippen LogP contribution in [-0.4, -0.2) is 42.5 Å². The summed E-state index contributed by atoms with van der Waals surface area (Å²) in [6.45, 7) is 8.64. The lowest BCUT2D eigenvalue weighted by atomic mass is 9.75. The van der Waals surface area contributed by atoms with Crippen LogP contribution in [0, 0.1) is 5.92 Å². The molecule has 5 heteroatoms. The number of nitrogens with one attached hydrogen (secondary N) is 1. The molecule has 0 radical (unpaired) electrons. The number of hydrogen-bond acceptors (Lipinski definition) is 4. The summed E-state index contributed by atoms with van der Waals surface area (Å²) in [6.07, 6.45) is 6.51. The maximum Gasteiger partial charge on any atom is 0.334 e. The van der Waals surface area contributed by atoms with Gasteiger partial charge >= 0.3 is 5.97 Å². The van der Waals surface area contributed by atoms with Crippen LogP contribution >= 0.6 is 0 Å². The molecule has 5 nitrogen and oxygen atoms in total. The van der Waals surface area contributed by atoms with Gasteiger partial charge in [-0.05, 0) is 86.0 Å². The topological polar surface area (TPSA) is 58.6 Å². The Morgan fingerprint density at radius 2 is 1.97 bits per heavy atom. The summed E-state index contributed by atoms with van der Waals surface area (Å²) >= 11 is 0. The standard InChI is InChI=1S/C25H36N2O3/c1-6-16(3)24(26-17(4)28)25(29)30-19-13-12-18-14-23(27(5)7-2)21-11-9-8-10-20(21)22(18)15-19/h12-13,15-16,23-24H,6-11,14H2,1-5H3,(H,26,28)/t16-,23+,24-/m1/s1. The van der Waals surface area contributed by atoms with Gasteiger partial charge in [0.1, 0.15) is 11.8 Å². The van der Waals surface area contributed by atoms with Crippen LogP contribution in [0.2, 0.25) is 0 Å². The second kappa shape index (κ2) is 9.78. The summed E-state index contributed by atoms with van der Waals surface area (Å²) in [6, 6.07) is 5.90. The van der Waals surface area contributed by atoms with Crippen LogP contribution in [0.5, 0.6) is 5.75 Å². The molecule has 3 rings (SSSR count). The van der Waals surface area contributed by atoms with Gasteiger partial charge in [0.2, 0.25) is 5.91 Å². The zero-order valence-electron chi connectivity index (χ0n) is 19.1. The average Bonchev–Trinajstić information content (AvgIpc) is 2.75. The first-order valence-corrected chi connectivity index (χ1v) is 11.4. The van der Waals surface area contributed by atoms with Crippen molar-refractivity contribution < 1.29 is 14.3 Å². The Hall–Kier alpha value is -2.14. The molecule has 2 aliphatic carbocycles. The zero-order valence-corrected chi connectivity index (χ0v) is 19.1. The molecular weight excluding hydrogens is 376 g/mol. The van der Waals surface area contributed by atoms with E-state index in [0.717, 1.165) is 32.2 Å². The van der Waals surface area contributed by atoms with Gasteiger partial charge in [0.15, 0.2) is 0 Å². The van der Waals surface area contributed by atoms with E-state index >= 15 is 0 Å². The number of amides is 1. The van der Waals surface area contributed by atoms with Gasteiger partial charge in [-0.3, -0.25) is 9.69 Å². The molecule has 0 aliphatic heterocycles. The second-order valence-electron chi connectivity index (χ2n) is 8.81. The number of nitrogens with zero attached hydrogens (tertiary/aromatic N) is 1. The Kier molecular flexibility index (Phi) is 7.35. The quantitative estimate of drug-likeness (QED) is 0.534. The predicted molar refractivity (Wildman–Crippen MR) is 120 cm³/mol. The minimum atomic E-state index is -0.629. The summed E-state index contributed by atoms with van der Waals surface area (Å²) in [5.41, 5.74) is 5.60. The van der Waals surface area contributed by atoms with E-state index in [4.69, 9.17) is 4.74 Å². The van der Waals surface area contributed by atoms with Crippen molar-refractivity contribution in [3.8, 4) is 5.75 Å². The number of hydrogen-bond donors (Lipinski definition) is 1. The molecule has 1 amide bonds. The monoisotopic (exact) mass is 412 g/mol. The highest BCUT2D eigenvalue weighted by Crippen LogP contribution is 2.42. The summed E-state index contributed by atoms with van der Waals surface area (Å²) in [7, 11) is 2.21. The molecule has 0 bridgehead atoms. The Morgan fingerprint density at radius 3 is 2.63 bits per heavy atom. The van der Waals surface area contributed by atoms with Crippen molar-refractivity contribution >= 4 is 17.4 Å². The smallest absolute Gasteiger partial charge is 0.334 e. The molecule has 0 unspecified atom stereocenters. The van der Waals surface area contributed by atoms with Crippen LogP contribution < -0.4 is 10.1 Å².